The summed E-state index contributed by atoms with van der Waals surface area (Å²) in [6.45, 7) is 2.23. The van der Waals surface area contributed by atoms with Gasteiger partial charge in [0.1, 0.15) is 12.4 Å². The molecule has 1 unspecified atom stereocenters. The Bertz CT molecular complexity index is 804. The minimum atomic E-state index is -0.440. The van der Waals surface area contributed by atoms with E-state index in [1.54, 1.807) is 0 Å². The molecule has 26 heavy (non-hydrogen) atoms. The van der Waals surface area contributed by atoms with Crippen molar-refractivity contribution in [3.8, 4) is 5.75 Å². The third-order valence-electron chi connectivity index (χ3n) is 4.11. The molecule has 0 heterocycles. The second-order valence-corrected chi connectivity index (χ2v) is 6.45. The lowest BCUT2D eigenvalue weighted by atomic mass is 10.2. The Balaban J connectivity index is 1.88. The minimum absolute atomic E-state index is 0.301. The predicted molar refractivity (Wildman–Crippen MR) is 108 cm³/mol. The highest BCUT2D eigenvalue weighted by Crippen LogP contribution is 2.35. The Morgan fingerprint density at radius 1 is 0.846 bits per heavy atom. The van der Waals surface area contributed by atoms with E-state index in [-0.39, 0.29) is 0 Å². The first kappa shape index (κ1) is 18.3. The summed E-state index contributed by atoms with van der Waals surface area (Å²) in [5, 5.41) is 10.3. The first-order valence-corrected chi connectivity index (χ1v) is 9.07. The summed E-state index contributed by atoms with van der Waals surface area (Å²) >= 11 is 6.05. The van der Waals surface area contributed by atoms with Crippen LogP contribution in [0.3, 0.4) is 0 Å². The number of aliphatic hydroxyl groups is 1. The molecule has 1 atom stereocenters. The standard InChI is InChI=1S/C22H22ClNO2/c1-2-21(25)16-26-22-14-12-20(13-15-22)24(18-6-4-3-5-7-18)19-10-8-17(23)9-11-19/h3-15,21,25H,2,16H2,1H3. The van der Waals surface area contributed by atoms with Gasteiger partial charge in [-0.3, -0.25) is 0 Å². The van der Waals surface area contributed by atoms with Gasteiger partial charge in [-0.15, -0.1) is 0 Å². The van der Waals surface area contributed by atoms with Crippen molar-refractivity contribution in [2.75, 3.05) is 11.5 Å². The number of halogens is 1. The predicted octanol–water partition coefficient (Wildman–Crippen LogP) is 5.96. The first-order chi connectivity index (χ1) is 12.7. The number of rotatable bonds is 7. The van der Waals surface area contributed by atoms with Crippen LogP contribution in [0.15, 0.2) is 78.9 Å². The van der Waals surface area contributed by atoms with Crippen molar-refractivity contribution < 1.29 is 9.84 Å². The van der Waals surface area contributed by atoms with Crippen molar-refractivity contribution >= 4 is 28.7 Å². The summed E-state index contributed by atoms with van der Waals surface area (Å²) in [6, 6.07) is 25.8. The fraction of sp³-hybridized carbons (Fsp3) is 0.182. The van der Waals surface area contributed by atoms with E-state index in [0.29, 0.717) is 18.1 Å². The molecular weight excluding hydrogens is 346 g/mol. The number of aliphatic hydroxyl groups excluding tert-OH is 1. The van der Waals surface area contributed by atoms with Crippen LogP contribution < -0.4 is 9.64 Å². The zero-order valence-corrected chi connectivity index (χ0v) is 15.4. The quantitative estimate of drug-likeness (QED) is 0.559. The van der Waals surface area contributed by atoms with Crippen LogP contribution in [0.4, 0.5) is 17.1 Å². The molecular formula is C22H22ClNO2. The molecule has 0 fully saturated rings. The fourth-order valence-electron chi connectivity index (χ4n) is 2.62. The number of anilines is 3. The maximum absolute atomic E-state index is 9.64. The number of hydrogen-bond donors (Lipinski definition) is 1. The van der Waals surface area contributed by atoms with Crippen molar-refractivity contribution in [3.63, 3.8) is 0 Å². The highest BCUT2D eigenvalue weighted by atomic mass is 35.5. The number of hydrogen-bond acceptors (Lipinski definition) is 3. The maximum atomic E-state index is 9.64. The largest absolute Gasteiger partial charge is 0.491 e. The summed E-state index contributed by atoms with van der Waals surface area (Å²) in [7, 11) is 0. The van der Waals surface area contributed by atoms with Gasteiger partial charge in [0.05, 0.1) is 6.10 Å². The van der Waals surface area contributed by atoms with Gasteiger partial charge in [0.2, 0.25) is 0 Å². The number of benzene rings is 3. The molecule has 4 heteroatoms. The third-order valence-corrected chi connectivity index (χ3v) is 4.36. The van der Waals surface area contributed by atoms with E-state index >= 15 is 0 Å². The summed E-state index contributed by atoms with van der Waals surface area (Å²) < 4.78 is 5.63. The van der Waals surface area contributed by atoms with E-state index in [4.69, 9.17) is 16.3 Å². The van der Waals surface area contributed by atoms with E-state index in [9.17, 15) is 5.11 Å². The summed E-state index contributed by atoms with van der Waals surface area (Å²) in [5.41, 5.74) is 3.10. The zero-order chi connectivity index (χ0) is 18.4. The van der Waals surface area contributed by atoms with Crippen molar-refractivity contribution in [2.45, 2.75) is 19.4 Å². The van der Waals surface area contributed by atoms with Gasteiger partial charge in [0.15, 0.2) is 0 Å². The third kappa shape index (κ3) is 4.57. The highest BCUT2D eigenvalue weighted by molar-refractivity contribution is 6.30. The van der Waals surface area contributed by atoms with Gasteiger partial charge in [0.25, 0.3) is 0 Å². The molecule has 0 aromatic heterocycles. The van der Waals surface area contributed by atoms with Crippen LogP contribution in [0.2, 0.25) is 5.02 Å². The smallest absolute Gasteiger partial charge is 0.119 e. The monoisotopic (exact) mass is 367 g/mol. The van der Waals surface area contributed by atoms with Crippen LogP contribution in [0, 0.1) is 0 Å². The van der Waals surface area contributed by atoms with Gasteiger partial charge in [-0.25, -0.2) is 0 Å². The molecule has 0 spiro atoms. The highest BCUT2D eigenvalue weighted by Gasteiger charge is 2.12. The van der Waals surface area contributed by atoms with Crippen LogP contribution in [0.1, 0.15) is 13.3 Å². The topological polar surface area (TPSA) is 32.7 Å². The number of ether oxygens (including phenoxy) is 1. The molecule has 1 N–H and O–H groups in total. The van der Waals surface area contributed by atoms with Gasteiger partial charge < -0.3 is 14.7 Å². The summed E-state index contributed by atoms with van der Waals surface area (Å²) in [6.07, 6.45) is 0.237. The molecule has 3 rings (SSSR count). The molecule has 134 valence electrons. The number of para-hydroxylation sites is 1. The SMILES string of the molecule is CCC(O)COc1ccc(N(c2ccccc2)c2ccc(Cl)cc2)cc1. The van der Waals surface area contributed by atoms with E-state index in [2.05, 4.69) is 17.0 Å². The fourth-order valence-corrected chi connectivity index (χ4v) is 2.74. The Morgan fingerprint density at radius 2 is 1.38 bits per heavy atom. The van der Waals surface area contributed by atoms with E-state index in [0.717, 1.165) is 22.8 Å². The molecule has 3 aromatic carbocycles. The minimum Gasteiger partial charge on any atom is -0.491 e. The van der Waals surface area contributed by atoms with E-state index < -0.39 is 6.10 Å². The lowest BCUT2D eigenvalue weighted by Crippen LogP contribution is -2.16. The van der Waals surface area contributed by atoms with Crippen LogP contribution in [0.5, 0.6) is 5.75 Å². The van der Waals surface area contributed by atoms with Gasteiger partial charge in [-0.05, 0) is 67.1 Å². The average molecular weight is 368 g/mol. The number of nitrogens with zero attached hydrogens (tertiary/aromatic N) is 1. The van der Waals surface area contributed by atoms with Crippen LogP contribution in [0.25, 0.3) is 0 Å². The van der Waals surface area contributed by atoms with E-state index in [1.165, 1.54) is 0 Å². The molecule has 3 aromatic rings. The summed E-state index contributed by atoms with van der Waals surface area (Å²) in [5.74, 6) is 0.741. The van der Waals surface area contributed by atoms with Gasteiger partial charge in [0, 0.05) is 22.1 Å². The van der Waals surface area contributed by atoms with Crippen molar-refractivity contribution in [1.82, 2.24) is 0 Å². The maximum Gasteiger partial charge on any atom is 0.119 e. The molecule has 0 aliphatic carbocycles. The molecule has 0 radical (unpaired) electrons. The van der Waals surface area contributed by atoms with Gasteiger partial charge in [-0.2, -0.15) is 0 Å². The van der Waals surface area contributed by atoms with Crippen molar-refractivity contribution in [3.05, 3.63) is 83.9 Å². The second-order valence-electron chi connectivity index (χ2n) is 6.01. The molecule has 0 aliphatic rings. The van der Waals surface area contributed by atoms with Crippen LogP contribution in [-0.4, -0.2) is 17.8 Å². The second kappa shape index (κ2) is 8.75. The van der Waals surface area contributed by atoms with Crippen LogP contribution in [-0.2, 0) is 0 Å². The first-order valence-electron chi connectivity index (χ1n) is 8.69. The lowest BCUT2D eigenvalue weighted by Gasteiger charge is -2.25. The van der Waals surface area contributed by atoms with Crippen molar-refractivity contribution in [1.29, 1.82) is 0 Å². The van der Waals surface area contributed by atoms with Crippen molar-refractivity contribution in [2.24, 2.45) is 0 Å². The Hall–Kier alpha value is -2.49. The summed E-state index contributed by atoms with van der Waals surface area (Å²) in [4.78, 5) is 2.15. The van der Waals surface area contributed by atoms with Crippen LogP contribution >= 0.6 is 11.6 Å². The van der Waals surface area contributed by atoms with Gasteiger partial charge in [-0.1, -0.05) is 36.7 Å². The lowest BCUT2D eigenvalue weighted by molar-refractivity contribution is 0.104. The molecule has 3 nitrogen and oxygen atoms in total. The molecule has 0 aliphatic heterocycles. The Labute approximate surface area is 159 Å². The Kier molecular flexibility index (Phi) is 6.16. The average Bonchev–Trinajstić information content (AvgIpc) is 2.69. The molecule has 0 bridgehead atoms. The normalized spacial score (nSPS) is 11.8. The van der Waals surface area contributed by atoms with Gasteiger partial charge >= 0.3 is 0 Å². The molecule has 0 saturated carbocycles. The molecule has 0 saturated heterocycles. The Morgan fingerprint density at radius 3 is 1.96 bits per heavy atom. The molecule has 0 amide bonds. The zero-order valence-electron chi connectivity index (χ0n) is 14.7. The van der Waals surface area contributed by atoms with E-state index in [1.807, 2.05) is 73.7 Å².